The Hall–Kier alpha value is -2.98. The summed E-state index contributed by atoms with van der Waals surface area (Å²) in [5, 5.41) is 0.642. The standard InChI is InChI=1S/C25H24ClNO3/c1-16-7-9-17(10-8-16)25(28)27-12-11-18-14-22(29-2)23(30-3)15-21(18)24(27)19-5-4-6-20(26)13-19/h4-10,13-15,24H,11-12H2,1-3H3. The molecule has 0 fully saturated rings. The number of methoxy groups -OCH3 is 2. The maximum atomic E-state index is 13.5. The van der Waals surface area contributed by atoms with Crippen molar-refractivity contribution in [3.05, 3.63) is 93.5 Å². The minimum absolute atomic E-state index is 0.000380. The Bertz CT molecular complexity index is 1080. The summed E-state index contributed by atoms with van der Waals surface area (Å²) in [6.45, 7) is 2.62. The third-order valence-corrected chi connectivity index (χ3v) is 5.83. The molecule has 0 aromatic heterocycles. The number of hydrogen-bond acceptors (Lipinski definition) is 3. The molecule has 154 valence electrons. The fourth-order valence-electron chi connectivity index (χ4n) is 4.06. The zero-order chi connectivity index (χ0) is 21.3. The molecule has 3 aromatic carbocycles. The molecule has 1 aliphatic heterocycles. The number of halogens is 1. The molecule has 0 aliphatic carbocycles. The van der Waals surface area contributed by atoms with Gasteiger partial charge in [0.2, 0.25) is 0 Å². The van der Waals surface area contributed by atoms with Crippen LogP contribution in [0.5, 0.6) is 11.5 Å². The van der Waals surface area contributed by atoms with Crippen molar-refractivity contribution >= 4 is 17.5 Å². The Morgan fingerprint density at radius 2 is 1.70 bits per heavy atom. The van der Waals surface area contributed by atoms with Crippen LogP contribution in [0.1, 0.15) is 38.7 Å². The number of carbonyl (C=O) groups excluding carboxylic acids is 1. The second kappa shape index (κ2) is 8.41. The van der Waals surface area contributed by atoms with E-state index in [2.05, 4.69) is 0 Å². The topological polar surface area (TPSA) is 38.8 Å². The zero-order valence-electron chi connectivity index (χ0n) is 17.3. The number of nitrogens with zero attached hydrogens (tertiary/aromatic N) is 1. The van der Waals surface area contributed by atoms with Crippen molar-refractivity contribution in [1.29, 1.82) is 0 Å². The molecule has 0 radical (unpaired) electrons. The number of benzene rings is 3. The highest BCUT2D eigenvalue weighted by Gasteiger charge is 2.34. The van der Waals surface area contributed by atoms with Gasteiger partial charge in [-0.2, -0.15) is 0 Å². The predicted octanol–water partition coefficient (Wildman–Crippen LogP) is 5.45. The van der Waals surface area contributed by atoms with Gasteiger partial charge in [0.1, 0.15) is 0 Å². The van der Waals surface area contributed by atoms with Crippen LogP contribution in [0.25, 0.3) is 0 Å². The lowest BCUT2D eigenvalue weighted by Crippen LogP contribution is -2.40. The van der Waals surface area contributed by atoms with Gasteiger partial charge >= 0.3 is 0 Å². The highest BCUT2D eigenvalue weighted by Crippen LogP contribution is 2.41. The van der Waals surface area contributed by atoms with Crippen LogP contribution in [-0.4, -0.2) is 31.6 Å². The third-order valence-electron chi connectivity index (χ3n) is 5.60. The van der Waals surface area contributed by atoms with E-state index >= 15 is 0 Å². The summed E-state index contributed by atoms with van der Waals surface area (Å²) in [6.07, 6.45) is 0.740. The number of fused-ring (bicyclic) bond motifs is 1. The number of hydrogen-bond donors (Lipinski definition) is 0. The van der Waals surface area contributed by atoms with E-state index in [-0.39, 0.29) is 11.9 Å². The minimum Gasteiger partial charge on any atom is -0.493 e. The van der Waals surface area contributed by atoms with Crippen LogP contribution < -0.4 is 9.47 Å². The van der Waals surface area contributed by atoms with Crippen LogP contribution in [0.15, 0.2) is 60.7 Å². The van der Waals surface area contributed by atoms with E-state index in [1.807, 2.05) is 72.5 Å². The zero-order valence-corrected chi connectivity index (χ0v) is 18.1. The molecule has 3 aromatic rings. The molecule has 1 amide bonds. The van der Waals surface area contributed by atoms with Crippen LogP contribution in [0.3, 0.4) is 0 Å². The van der Waals surface area contributed by atoms with E-state index in [0.29, 0.717) is 28.6 Å². The smallest absolute Gasteiger partial charge is 0.254 e. The number of aryl methyl sites for hydroxylation is 1. The second-order valence-corrected chi connectivity index (χ2v) is 7.91. The molecule has 0 saturated heterocycles. The lowest BCUT2D eigenvalue weighted by molar-refractivity contribution is 0.0694. The van der Waals surface area contributed by atoms with E-state index in [1.54, 1.807) is 14.2 Å². The van der Waals surface area contributed by atoms with Crippen molar-refractivity contribution in [2.24, 2.45) is 0 Å². The number of ether oxygens (including phenoxy) is 2. The van der Waals surface area contributed by atoms with Gasteiger partial charge in [0.25, 0.3) is 5.91 Å². The third kappa shape index (κ3) is 3.75. The largest absolute Gasteiger partial charge is 0.493 e. The average Bonchev–Trinajstić information content (AvgIpc) is 2.77. The first-order chi connectivity index (χ1) is 14.5. The van der Waals surface area contributed by atoms with Crippen LogP contribution in [0.2, 0.25) is 5.02 Å². The Labute approximate surface area is 182 Å². The first-order valence-corrected chi connectivity index (χ1v) is 10.3. The molecule has 1 heterocycles. The van der Waals surface area contributed by atoms with Gasteiger partial charge in [0, 0.05) is 17.1 Å². The molecule has 0 spiro atoms. The molecule has 30 heavy (non-hydrogen) atoms. The van der Waals surface area contributed by atoms with Crippen molar-refractivity contribution in [3.8, 4) is 11.5 Å². The van der Waals surface area contributed by atoms with Gasteiger partial charge in [-0.3, -0.25) is 4.79 Å². The van der Waals surface area contributed by atoms with Crippen LogP contribution in [0.4, 0.5) is 0 Å². The van der Waals surface area contributed by atoms with Gasteiger partial charge < -0.3 is 14.4 Å². The van der Waals surface area contributed by atoms with Crippen molar-refractivity contribution < 1.29 is 14.3 Å². The summed E-state index contributed by atoms with van der Waals surface area (Å²) in [5.74, 6) is 1.34. The Balaban J connectivity index is 1.85. The predicted molar refractivity (Wildman–Crippen MR) is 119 cm³/mol. The van der Waals surface area contributed by atoms with Gasteiger partial charge in [0.15, 0.2) is 11.5 Å². The molecule has 0 saturated carbocycles. The van der Waals surface area contributed by atoms with Gasteiger partial charge in [-0.25, -0.2) is 0 Å². The Kier molecular flexibility index (Phi) is 5.69. The normalized spacial score (nSPS) is 15.5. The van der Waals surface area contributed by atoms with Gasteiger partial charge in [-0.15, -0.1) is 0 Å². The van der Waals surface area contributed by atoms with E-state index in [0.717, 1.165) is 28.7 Å². The summed E-state index contributed by atoms with van der Waals surface area (Å²) in [4.78, 5) is 15.4. The summed E-state index contributed by atoms with van der Waals surface area (Å²) < 4.78 is 11.0. The van der Waals surface area contributed by atoms with Crippen LogP contribution in [0, 0.1) is 6.92 Å². The van der Waals surface area contributed by atoms with Gasteiger partial charge in [-0.05, 0) is 66.4 Å². The van der Waals surface area contributed by atoms with Crippen LogP contribution in [-0.2, 0) is 6.42 Å². The fourth-order valence-corrected chi connectivity index (χ4v) is 4.26. The molecule has 1 aliphatic rings. The summed E-state index contributed by atoms with van der Waals surface area (Å²) in [5.41, 5.74) is 4.94. The number of carbonyl (C=O) groups is 1. The second-order valence-electron chi connectivity index (χ2n) is 7.48. The first kappa shape index (κ1) is 20.3. The fraction of sp³-hybridized carbons (Fsp3) is 0.240. The number of rotatable bonds is 4. The van der Waals surface area contributed by atoms with E-state index in [1.165, 1.54) is 0 Å². The SMILES string of the molecule is COc1cc2c(cc1OC)C(c1cccc(Cl)c1)N(C(=O)c1ccc(C)cc1)CC2. The minimum atomic E-state index is -0.263. The summed E-state index contributed by atoms with van der Waals surface area (Å²) in [6, 6.07) is 19.1. The van der Waals surface area contributed by atoms with E-state index in [9.17, 15) is 4.79 Å². The highest BCUT2D eigenvalue weighted by molar-refractivity contribution is 6.30. The lowest BCUT2D eigenvalue weighted by atomic mass is 9.87. The van der Waals surface area contributed by atoms with Crippen molar-refractivity contribution in [2.75, 3.05) is 20.8 Å². The molecule has 0 N–H and O–H groups in total. The van der Waals surface area contributed by atoms with E-state index < -0.39 is 0 Å². The monoisotopic (exact) mass is 421 g/mol. The molecule has 1 unspecified atom stereocenters. The van der Waals surface area contributed by atoms with Gasteiger partial charge in [-0.1, -0.05) is 41.4 Å². The Morgan fingerprint density at radius 1 is 1.00 bits per heavy atom. The highest BCUT2D eigenvalue weighted by atomic mass is 35.5. The lowest BCUT2D eigenvalue weighted by Gasteiger charge is -2.38. The molecule has 5 heteroatoms. The average molecular weight is 422 g/mol. The van der Waals surface area contributed by atoms with Crippen molar-refractivity contribution in [1.82, 2.24) is 4.90 Å². The molecular formula is C25H24ClNO3. The quantitative estimate of drug-likeness (QED) is 0.562. The van der Waals surface area contributed by atoms with Crippen molar-refractivity contribution in [3.63, 3.8) is 0 Å². The summed E-state index contributed by atoms with van der Waals surface area (Å²) >= 11 is 6.31. The summed E-state index contributed by atoms with van der Waals surface area (Å²) in [7, 11) is 3.26. The number of amides is 1. The Morgan fingerprint density at radius 3 is 2.37 bits per heavy atom. The van der Waals surface area contributed by atoms with E-state index in [4.69, 9.17) is 21.1 Å². The molecule has 4 nitrogen and oxygen atoms in total. The molecular weight excluding hydrogens is 398 g/mol. The maximum absolute atomic E-state index is 13.5. The van der Waals surface area contributed by atoms with Crippen molar-refractivity contribution in [2.45, 2.75) is 19.4 Å². The maximum Gasteiger partial charge on any atom is 0.254 e. The molecule has 4 rings (SSSR count). The molecule has 1 atom stereocenters. The first-order valence-electron chi connectivity index (χ1n) is 9.89. The van der Waals surface area contributed by atoms with Crippen LogP contribution >= 0.6 is 11.6 Å². The molecule has 0 bridgehead atoms. The van der Waals surface area contributed by atoms with Gasteiger partial charge in [0.05, 0.1) is 20.3 Å².